The number of nitrogens with zero attached hydrogens (tertiary/aromatic N) is 3. The Balaban J connectivity index is 1.43. The molecule has 146 valence electrons. The molecule has 2 atom stereocenters. The van der Waals surface area contributed by atoms with E-state index >= 15 is 0 Å². The molecule has 0 radical (unpaired) electrons. The first kappa shape index (κ1) is 18.8. The molecule has 1 aliphatic heterocycles. The molecular weight excluding hydrogens is 376 g/mol. The first-order chi connectivity index (χ1) is 13.5. The summed E-state index contributed by atoms with van der Waals surface area (Å²) in [6.45, 7) is 0.585. The Labute approximate surface area is 164 Å². The Morgan fingerprint density at radius 3 is 2.50 bits per heavy atom. The van der Waals surface area contributed by atoms with Gasteiger partial charge in [-0.05, 0) is 19.0 Å². The van der Waals surface area contributed by atoms with Crippen LogP contribution in [0.4, 0.5) is 0 Å². The van der Waals surface area contributed by atoms with E-state index in [0.29, 0.717) is 24.7 Å². The number of benzene rings is 2. The average molecular weight is 398 g/mol. The molecule has 1 aliphatic rings. The van der Waals surface area contributed by atoms with E-state index in [0.717, 1.165) is 11.1 Å². The minimum Gasteiger partial charge on any atom is -0.337 e. The van der Waals surface area contributed by atoms with Gasteiger partial charge in [-0.1, -0.05) is 65.8 Å². The number of likely N-dealkylation sites (N-methyl/N-ethyl adjacent to an activating group) is 1. The number of hydrogen-bond donors (Lipinski definition) is 1. The molecule has 0 aliphatic carbocycles. The number of nitrogens with one attached hydrogen (secondary N) is 1. The van der Waals surface area contributed by atoms with Crippen molar-refractivity contribution in [3.8, 4) is 11.4 Å². The van der Waals surface area contributed by atoms with Gasteiger partial charge in [-0.2, -0.15) is 4.98 Å². The molecule has 3 aromatic rings. The first-order valence-corrected chi connectivity index (χ1v) is 10.8. The van der Waals surface area contributed by atoms with Crippen LogP contribution in [0, 0.1) is 0 Å². The van der Waals surface area contributed by atoms with Gasteiger partial charge in [0.25, 0.3) is 0 Å². The summed E-state index contributed by atoms with van der Waals surface area (Å²) in [5, 5.41) is 4.07. The van der Waals surface area contributed by atoms with E-state index in [2.05, 4.69) is 14.9 Å². The van der Waals surface area contributed by atoms with E-state index in [1.807, 2.05) is 72.6 Å². The lowest BCUT2D eigenvalue weighted by Gasteiger charge is -2.14. The summed E-state index contributed by atoms with van der Waals surface area (Å²) >= 11 is 0. The maximum atomic E-state index is 12.5. The highest BCUT2D eigenvalue weighted by molar-refractivity contribution is 7.88. The van der Waals surface area contributed by atoms with Crippen molar-refractivity contribution in [2.45, 2.75) is 24.3 Å². The zero-order valence-electron chi connectivity index (χ0n) is 15.5. The molecule has 2 heterocycles. The van der Waals surface area contributed by atoms with Crippen LogP contribution in [0.15, 0.2) is 65.2 Å². The fourth-order valence-electron chi connectivity index (χ4n) is 3.54. The maximum absolute atomic E-state index is 12.5. The van der Waals surface area contributed by atoms with Crippen LogP contribution < -0.4 is 4.72 Å². The fraction of sp³-hybridized carbons (Fsp3) is 0.300. The monoisotopic (exact) mass is 398 g/mol. The van der Waals surface area contributed by atoms with Gasteiger partial charge in [-0.3, -0.25) is 4.90 Å². The van der Waals surface area contributed by atoms with Gasteiger partial charge in [0.2, 0.25) is 21.7 Å². The standard InChI is InChI=1S/C20H22N4O3S/c1-24-13-17(23-28(25,26)14-15-8-4-2-5-9-15)12-18(24)20-21-19(22-27-20)16-10-6-3-7-11-16/h2-11,17-18,23H,12-14H2,1H3. The van der Waals surface area contributed by atoms with Crippen molar-refractivity contribution in [3.05, 3.63) is 72.1 Å². The Morgan fingerprint density at radius 2 is 1.79 bits per heavy atom. The van der Waals surface area contributed by atoms with E-state index in [9.17, 15) is 8.42 Å². The minimum atomic E-state index is -3.43. The van der Waals surface area contributed by atoms with Gasteiger partial charge in [0.15, 0.2) is 0 Å². The number of sulfonamides is 1. The molecule has 1 aromatic heterocycles. The van der Waals surface area contributed by atoms with Crippen LogP contribution in [0.2, 0.25) is 0 Å². The van der Waals surface area contributed by atoms with Crippen molar-refractivity contribution in [2.75, 3.05) is 13.6 Å². The maximum Gasteiger partial charge on any atom is 0.244 e. The van der Waals surface area contributed by atoms with E-state index < -0.39 is 10.0 Å². The molecule has 0 amide bonds. The predicted molar refractivity (Wildman–Crippen MR) is 106 cm³/mol. The summed E-state index contributed by atoms with van der Waals surface area (Å²) in [7, 11) is -1.50. The van der Waals surface area contributed by atoms with Gasteiger partial charge >= 0.3 is 0 Å². The van der Waals surface area contributed by atoms with Crippen LogP contribution in [-0.4, -0.2) is 43.1 Å². The number of likely N-dealkylation sites (tertiary alicyclic amines) is 1. The fourth-order valence-corrected chi connectivity index (χ4v) is 4.93. The smallest absolute Gasteiger partial charge is 0.244 e. The molecular formula is C20H22N4O3S. The Morgan fingerprint density at radius 1 is 1.11 bits per heavy atom. The van der Waals surface area contributed by atoms with Crippen LogP contribution in [0.3, 0.4) is 0 Å². The van der Waals surface area contributed by atoms with Crippen LogP contribution in [0.25, 0.3) is 11.4 Å². The molecule has 28 heavy (non-hydrogen) atoms. The highest BCUT2D eigenvalue weighted by atomic mass is 32.2. The predicted octanol–water partition coefficient (Wildman–Crippen LogP) is 2.60. The highest BCUT2D eigenvalue weighted by Crippen LogP contribution is 2.31. The molecule has 0 bridgehead atoms. The lowest BCUT2D eigenvalue weighted by molar-refractivity contribution is 0.244. The molecule has 0 spiro atoms. The van der Waals surface area contributed by atoms with Crippen molar-refractivity contribution in [2.24, 2.45) is 0 Å². The van der Waals surface area contributed by atoms with Gasteiger partial charge in [-0.25, -0.2) is 13.1 Å². The lowest BCUT2D eigenvalue weighted by atomic mass is 10.2. The second-order valence-corrected chi connectivity index (χ2v) is 8.83. The first-order valence-electron chi connectivity index (χ1n) is 9.13. The van der Waals surface area contributed by atoms with Crippen LogP contribution in [0.5, 0.6) is 0 Å². The zero-order chi connectivity index (χ0) is 19.6. The van der Waals surface area contributed by atoms with Crippen molar-refractivity contribution < 1.29 is 12.9 Å². The zero-order valence-corrected chi connectivity index (χ0v) is 16.3. The average Bonchev–Trinajstić information content (AvgIpc) is 3.29. The Bertz CT molecular complexity index is 1020. The van der Waals surface area contributed by atoms with Crippen LogP contribution in [0.1, 0.15) is 23.9 Å². The normalized spacial score (nSPS) is 20.5. The van der Waals surface area contributed by atoms with Gasteiger partial charge < -0.3 is 4.52 Å². The van der Waals surface area contributed by atoms with Gasteiger partial charge in [0, 0.05) is 18.2 Å². The van der Waals surface area contributed by atoms with Crippen molar-refractivity contribution in [1.29, 1.82) is 0 Å². The molecule has 2 aromatic carbocycles. The van der Waals surface area contributed by atoms with E-state index in [4.69, 9.17) is 4.52 Å². The second-order valence-electron chi connectivity index (χ2n) is 7.07. The molecule has 7 nitrogen and oxygen atoms in total. The molecule has 1 saturated heterocycles. The quantitative estimate of drug-likeness (QED) is 0.687. The SMILES string of the molecule is CN1CC(NS(=O)(=O)Cc2ccccc2)CC1c1nc(-c2ccccc2)no1. The third-order valence-electron chi connectivity index (χ3n) is 4.85. The largest absolute Gasteiger partial charge is 0.337 e. The topological polar surface area (TPSA) is 88.3 Å². The third-order valence-corrected chi connectivity index (χ3v) is 6.26. The van der Waals surface area contributed by atoms with E-state index in [1.54, 1.807) is 0 Å². The second kappa shape index (κ2) is 7.83. The molecule has 1 fully saturated rings. The minimum absolute atomic E-state index is 0.0303. The van der Waals surface area contributed by atoms with Crippen LogP contribution in [-0.2, 0) is 15.8 Å². The van der Waals surface area contributed by atoms with Gasteiger partial charge in [0.1, 0.15) is 0 Å². The molecule has 4 rings (SSSR count). The number of hydrogen-bond acceptors (Lipinski definition) is 6. The third kappa shape index (κ3) is 4.30. The summed E-state index contributed by atoms with van der Waals surface area (Å²) in [4.78, 5) is 6.55. The summed E-state index contributed by atoms with van der Waals surface area (Å²) in [5.41, 5.74) is 1.65. The van der Waals surface area contributed by atoms with Gasteiger partial charge in [-0.15, -0.1) is 0 Å². The number of aromatic nitrogens is 2. The summed E-state index contributed by atoms with van der Waals surface area (Å²) in [5.74, 6) is 1.01. The highest BCUT2D eigenvalue weighted by Gasteiger charge is 2.36. The molecule has 8 heteroatoms. The Kier molecular flexibility index (Phi) is 5.25. The molecule has 1 N–H and O–H groups in total. The van der Waals surface area contributed by atoms with E-state index in [-0.39, 0.29) is 17.8 Å². The van der Waals surface area contributed by atoms with Crippen molar-refractivity contribution in [1.82, 2.24) is 19.8 Å². The summed E-state index contributed by atoms with van der Waals surface area (Å²) in [6, 6.07) is 18.5. The summed E-state index contributed by atoms with van der Waals surface area (Å²) < 4.78 is 33.3. The van der Waals surface area contributed by atoms with Gasteiger partial charge in [0.05, 0.1) is 11.8 Å². The van der Waals surface area contributed by atoms with Crippen molar-refractivity contribution in [3.63, 3.8) is 0 Å². The molecule has 0 saturated carbocycles. The van der Waals surface area contributed by atoms with Crippen LogP contribution >= 0.6 is 0 Å². The summed E-state index contributed by atoms with van der Waals surface area (Å²) in [6.07, 6.45) is 0.584. The Hall–Kier alpha value is -2.55. The number of rotatable bonds is 6. The van der Waals surface area contributed by atoms with Crippen molar-refractivity contribution >= 4 is 10.0 Å². The van der Waals surface area contributed by atoms with E-state index in [1.165, 1.54) is 0 Å². The molecule has 2 unspecified atom stereocenters. The lowest BCUT2D eigenvalue weighted by Crippen LogP contribution is -2.37.